The number of likely N-dealkylation sites (tertiary alicyclic amines) is 2. The molecule has 0 aliphatic carbocycles. The number of hydrogen-bond donors (Lipinski definition) is 0. The molecule has 0 unspecified atom stereocenters. The van der Waals surface area contributed by atoms with Crippen LogP contribution in [0.3, 0.4) is 0 Å². The van der Waals surface area contributed by atoms with Crippen LogP contribution < -0.4 is 0 Å². The highest BCUT2D eigenvalue weighted by atomic mass is 19.1. The van der Waals surface area contributed by atoms with Gasteiger partial charge in [0.1, 0.15) is 11.5 Å². The number of aromatic nitrogens is 1. The number of nitrogens with zero attached hydrogens (tertiary/aromatic N) is 3. The fraction of sp³-hybridized carbons (Fsp3) is 0.393. The van der Waals surface area contributed by atoms with Crippen molar-refractivity contribution in [3.63, 3.8) is 0 Å². The molecule has 7 nitrogen and oxygen atoms in total. The van der Waals surface area contributed by atoms with E-state index in [1.165, 1.54) is 12.1 Å². The first-order valence-electron chi connectivity index (χ1n) is 12.4. The van der Waals surface area contributed by atoms with Gasteiger partial charge in [0.2, 0.25) is 11.7 Å². The zero-order chi connectivity index (χ0) is 25.1. The number of carbonyl (C=O) groups excluding carboxylic acids is 2. The molecule has 1 spiro atoms. The van der Waals surface area contributed by atoms with Crippen molar-refractivity contribution in [2.75, 3.05) is 26.2 Å². The van der Waals surface area contributed by atoms with Crippen LogP contribution in [0.4, 0.5) is 4.39 Å². The summed E-state index contributed by atoms with van der Waals surface area (Å²) in [5, 5.41) is 4.01. The van der Waals surface area contributed by atoms with Crippen LogP contribution in [0.5, 0.6) is 0 Å². The third-order valence-corrected chi connectivity index (χ3v) is 7.13. The number of amides is 2. The Labute approximate surface area is 209 Å². The van der Waals surface area contributed by atoms with E-state index in [-0.39, 0.29) is 29.5 Å². The van der Waals surface area contributed by atoms with Crippen LogP contribution in [0.1, 0.15) is 42.3 Å². The summed E-state index contributed by atoms with van der Waals surface area (Å²) in [6.45, 7) is 4.44. The van der Waals surface area contributed by atoms with Crippen molar-refractivity contribution >= 4 is 11.8 Å². The number of benzene rings is 2. The SMILES string of the molecule is CCO[C@@H]1CN(Cc2ccccc2)C(=O)[C@@]2(CCCN(C(=O)c3cc(-c4ccc(F)cc4)no3)C2)C1. The minimum absolute atomic E-state index is 0.0735. The zero-order valence-electron chi connectivity index (χ0n) is 20.4. The van der Waals surface area contributed by atoms with E-state index in [9.17, 15) is 14.0 Å². The van der Waals surface area contributed by atoms with E-state index in [1.54, 1.807) is 23.1 Å². The largest absolute Gasteiger partial charge is 0.377 e. The Balaban J connectivity index is 1.36. The maximum atomic E-state index is 13.8. The second kappa shape index (κ2) is 10.2. The molecule has 3 heterocycles. The van der Waals surface area contributed by atoms with Gasteiger partial charge in [-0.1, -0.05) is 35.5 Å². The third-order valence-electron chi connectivity index (χ3n) is 7.13. The second-order valence-corrected chi connectivity index (χ2v) is 9.65. The molecule has 8 heteroatoms. The van der Waals surface area contributed by atoms with Gasteiger partial charge in [-0.3, -0.25) is 9.59 Å². The molecule has 2 aliphatic rings. The minimum Gasteiger partial charge on any atom is -0.377 e. The average molecular weight is 492 g/mol. The molecule has 36 heavy (non-hydrogen) atoms. The topological polar surface area (TPSA) is 75.9 Å². The molecular weight excluding hydrogens is 461 g/mol. The van der Waals surface area contributed by atoms with Crippen molar-refractivity contribution in [1.29, 1.82) is 0 Å². The molecule has 5 rings (SSSR count). The molecule has 188 valence electrons. The fourth-order valence-corrected chi connectivity index (χ4v) is 5.47. The predicted molar refractivity (Wildman–Crippen MR) is 131 cm³/mol. The summed E-state index contributed by atoms with van der Waals surface area (Å²) in [4.78, 5) is 30.8. The zero-order valence-corrected chi connectivity index (χ0v) is 20.4. The van der Waals surface area contributed by atoms with Crippen LogP contribution >= 0.6 is 0 Å². The molecule has 2 aliphatic heterocycles. The van der Waals surface area contributed by atoms with Gasteiger partial charge < -0.3 is 19.1 Å². The highest BCUT2D eigenvalue weighted by Crippen LogP contribution is 2.41. The van der Waals surface area contributed by atoms with Gasteiger partial charge in [-0.05, 0) is 56.0 Å². The van der Waals surface area contributed by atoms with Gasteiger partial charge in [-0.25, -0.2) is 4.39 Å². The Morgan fingerprint density at radius 3 is 2.72 bits per heavy atom. The first-order valence-corrected chi connectivity index (χ1v) is 12.4. The minimum atomic E-state index is -0.694. The van der Waals surface area contributed by atoms with E-state index in [0.29, 0.717) is 63.3 Å². The van der Waals surface area contributed by atoms with Gasteiger partial charge in [-0.15, -0.1) is 0 Å². The lowest BCUT2D eigenvalue weighted by Crippen LogP contribution is -2.60. The van der Waals surface area contributed by atoms with Gasteiger partial charge in [0, 0.05) is 44.4 Å². The number of rotatable bonds is 6. The van der Waals surface area contributed by atoms with Crippen LogP contribution in [0, 0.1) is 11.2 Å². The Hall–Kier alpha value is -3.52. The Morgan fingerprint density at radius 1 is 1.19 bits per heavy atom. The summed E-state index contributed by atoms with van der Waals surface area (Å²) in [6.07, 6.45) is 1.93. The van der Waals surface area contributed by atoms with Crippen LogP contribution in [0.15, 0.2) is 65.2 Å². The van der Waals surface area contributed by atoms with E-state index in [0.717, 1.165) is 5.56 Å². The summed E-state index contributed by atoms with van der Waals surface area (Å²) >= 11 is 0. The molecule has 2 saturated heterocycles. The first kappa shape index (κ1) is 24.2. The summed E-state index contributed by atoms with van der Waals surface area (Å²) in [7, 11) is 0. The molecule has 0 N–H and O–H groups in total. The van der Waals surface area contributed by atoms with Crippen molar-refractivity contribution in [2.45, 2.75) is 38.8 Å². The Kier molecular flexibility index (Phi) is 6.87. The van der Waals surface area contributed by atoms with Gasteiger partial charge >= 0.3 is 0 Å². The maximum absolute atomic E-state index is 13.8. The molecule has 2 fully saturated rings. The van der Waals surface area contributed by atoms with Crippen molar-refractivity contribution in [3.05, 3.63) is 77.8 Å². The lowest BCUT2D eigenvalue weighted by Gasteiger charge is -2.49. The van der Waals surface area contributed by atoms with E-state index < -0.39 is 5.41 Å². The van der Waals surface area contributed by atoms with Gasteiger partial charge in [0.25, 0.3) is 5.91 Å². The van der Waals surface area contributed by atoms with E-state index in [4.69, 9.17) is 9.26 Å². The molecule has 0 radical (unpaired) electrons. The molecule has 2 atom stereocenters. The molecule has 0 bridgehead atoms. The van der Waals surface area contributed by atoms with Crippen molar-refractivity contribution in [1.82, 2.24) is 15.0 Å². The fourth-order valence-electron chi connectivity index (χ4n) is 5.47. The lowest BCUT2D eigenvalue weighted by atomic mass is 9.72. The molecule has 3 aromatic rings. The van der Waals surface area contributed by atoms with Gasteiger partial charge in [0.05, 0.1) is 11.5 Å². The summed E-state index contributed by atoms with van der Waals surface area (Å²) in [6, 6.07) is 17.4. The molecule has 2 aromatic carbocycles. The molecular formula is C28H30FN3O4. The molecule has 0 saturated carbocycles. The predicted octanol–water partition coefficient (Wildman–Crippen LogP) is 4.54. The number of piperidine rings is 2. The van der Waals surface area contributed by atoms with Gasteiger partial charge in [-0.2, -0.15) is 0 Å². The maximum Gasteiger partial charge on any atom is 0.292 e. The second-order valence-electron chi connectivity index (χ2n) is 9.65. The van der Waals surface area contributed by atoms with E-state index in [1.807, 2.05) is 42.2 Å². The van der Waals surface area contributed by atoms with Crippen molar-refractivity contribution < 1.29 is 23.2 Å². The molecule has 1 aromatic heterocycles. The Bertz CT molecular complexity index is 1210. The van der Waals surface area contributed by atoms with E-state index >= 15 is 0 Å². The molecule has 2 amide bonds. The van der Waals surface area contributed by atoms with Gasteiger partial charge in [0.15, 0.2) is 0 Å². The van der Waals surface area contributed by atoms with Crippen molar-refractivity contribution in [2.24, 2.45) is 5.41 Å². The number of carbonyl (C=O) groups is 2. The van der Waals surface area contributed by atoms with Crippen LogP contribution in [0.25, 0.3) is 11.3 Å². The highest BCUT2D eigenvalue weighted by molar-refractivity contribution is 5.93. The van der Waals surface area contributed by atoms with Crippen LogP contribution in [-0.2, 0) is 16.1 Å². The van der Waals surface area contributed by atoms with Crippen molar-refractivity contribution in [3.8, 4) is 11.3 Å². The number of ether oxygens (including phenoxy) is 1. The normalized spacial score (nSPS) is 22.3. The quantitative estimate of drug-likeness (QED) is 0.506. The lowest BCUT2D eigenvalue weighted by molar-refractivity contribution is -0.159. The smallest absolute Gasteiger partial charge is 0.292 e. The third kappa shape index (κ3) is 4.91. The van der Waals surface area contributed by atoms with Crippen LogP contribution in [0.2, 0.25) is 0 Å². The van der Waals surface area contributed by atoms with Crippen LogP contribution in [-0.4, -0.2) is 59.1 Å². The summed E-state index contributed by atoms with van der Waals surface area (Å²) in [5.74, 6) is -0.460. The monoisotopic (exact) mass is 491 g/mol. The highest BCUT2D eigenvalue weighted by Gasteiger charge is 2.50. The van der Waals surface area contributed by atoms with E-state index in [2.05, 4.69) is 5.16 Å². The first-order chi connectivity index (χ1) is 17.5. The standard InChI is InChI=1S/C28H30FN3O4/c1-2-35-23-16-28(27(34)32(18-23)17-20-7-4-3-5-8-20)13-6-14-31(19-28)26(33)25-15-24(30-36-25)21-9-11-22(29)12-10-21/h3-5,7-12,15,23H,2,6,13-14,16-19H2,1H3/t23-,28-/m0/s1. The number of hydrogen-bond acceptors (Lipinski definition) is 5. The Morgan fingerprint density at radius 2 is 1.97 bits per heavy atom. The summed E-state index contributed by atoms with van der Waals surface area (Å²) in [5.41, 5.74) is 1.50. The number of halogens is 1. The summed E-state index contributed by atoms with van der Waals surface area (Å²) < 4.78 is 24.7. The average Bonchev–Trinajstić information content (AvgIpc) is 3.38.